The molecule has 6 nitrogen and oxygen atoms in total. The number of halogens is 1. The SMILES string of the molecule is NC1CC(CNCC2CCN(c3ccc(C4CCC(=O)NC4=O)cc3F)CC2)C1. The van der Waals surface area contributed by atoms with Crippen LogP contribution in [0.5, 0.6) is 0 Å². The van der Waals surface area contributed by atoms with Gasteiger partial charge in [0.15, 0.2) is 0 Å². The van der Waals surface area contributed by atoms with Crippen LogP contribution in [0.4, 0.5) is 10.1 Å². The number of hydrogen-bond donors (Lipinski definition) is 3. The smallest absolute Gasteiger partial charge is 0.234 e. The van der Waals surface area contributed by atoms with Crippen LogP contribution < -0.4 is 21.3 Å². The molecule has 4 N–H and O–H groups in total. The number of nitrogens with two attached hydrogens (primary N) is 1. The van der Waals surface area contributed by atoms with E-state index in [2.05, 4.69) is 15.5 Å². The van der Waals surface area contributed by atoms with Crippen LogP contribution in [0.3, 0.4) is 0 Å². The third-order valence-corrected chi connectivity index (χ3v) is 6.71. The van der Waals surface area contributed by atoms with Crippen molar-refractivity contribution in [3.8, 4) is 0 Å². The van der Waals surface area contributed by atoms with E-state index in [1.165, 1.54) is 6.07 Å². The van der Waals surface area contributed by atoms with Crippen molar-refractivity contribution in [1.29, 1.82) is 0 Å². The van der Waals surface area contributed by atoms with E-state index in [1.807, 2.05) is 6.07 Å². The fraction of sp³-hybridized carbons (Fsp3) is 0.636. The van der Waals surface area contributed by atoms with Crippen LogP contribution in [0.2, 0.25) is 0 Å². The van der Waals surface area contributed by atoms with Gasteiger partial charge < -0.3 is 16.0 Å². The number of nitrogens with one attached hydrogen (secondary N) is 2. The van der Waals surface area contributed by atoms with E-state index in [4.69, 9.17) is 5.73 Å². The number of hydrogen-bond acceptors (Lipinski definition) is 5. The first-order valence-corrected chi connectivity index (χ1v) is 10.8. The lowest BCUT2D eigenvalue weighted by atomic mass is 9.81. The van der Waals surface area contributed by atoms with Crippen molar-refractivity contribution >= 4 is 17.5 Å². The summed E-state index contributed by atoms with van der Waals surface area (Å²) in [4.78, 5) is 25.4. The van der Waals surface area contributed by atoms with Crippen molar-refractivity contribution in [2.45, 2.75) is 50.5 Å². The largest absolute Gasteiger partial charge is 0.369 e. The Morgan fingerprint density at radius 3 is 2.48 bits per heavy atom. The zero-order valence-electron chi connectivity index (χ0n) is 16.8. The molecular formula is C22H31FN4O2. The van der Waals surface area contributed by atoms with Crippen molar-refractivity contribution in [2.24, 2.45) is 17.6 Å². The molecule has 1 aromatic carbocycles. The second-order valence-corrected chi connectivity index (χ2v) is 8.90. The topological polar surface area (TPSA) is 87.5 Å². The van der Waals surface area contributed by atoms with Crippen LogP contribution in [-0.4, -0.2) is 44.0 Å². The summed E-state index contributed by atoms with van der Waals surface area (Å²) >= 11 is 0. The molecule has 1 saturated carbocycles. The summed E-state index contributed by atoms with van der Waals surface area (Å²) in [6.07, 6.45) is 5.11. The van der Waals surface area contributed by atoms with Gasteiger partial charge in [-0.1, -0.05) is 6.07 Å². The molecule has 3 fully saturated rings. The van der Waals surface area contributed by atoms with Gasteiger partial charge in [-0.2, -0.15) is 0 Å². The summed E-state index contributed by atoms with van der Waals surface area (Å²) < 4.78 is 14.8. The third kappa shape index (κ3) is 4.78. The van der Waals surface area contributed by atoms with Gasteiger partial charge in [-0.3, -0.25) is 14.9 Å². The van der Waals surface area contributed by atoms with Gasteiger partial charge in [0.25, 0.3) is 0 Å². The molecule has 2 aliphatic heterocycles. The predicted molar refractivity (Wildman–Crippen MR) is 110 cm³/mol. The van der Waals surface area contributed by atoms with Gasteiger partial charge in [0, 0.05) is 25.6 Å². The molecule has 4 rings (SSSR count). The lowest BCUT2D eigenvalue weighted by Gasteiger charge is -2.36. The molecule has 2 saturated heterocycles. The molecule has 2 amide bonds. The first-order valence-electron chi connectivity index (χ1n) is 10.8. The highest BCUT2D eigenvalue weighted by atomic mass is 19.1. The van der Waals surface area contributed by atoms with Crippen molar-refractivity contribution in [3.63, 3.8) is 0 Å². The van der Waals surface area contributed by atoms with E-state index in [9.17, 15) is 14.0 Å². The number of piperidine rings is 2. The zero-order valence-corrected chi connectivity index (χ0v) is 16.8. The number of amides is 2. The van der Waals surface area contributed by atoms with E-state index in [0.717, 1.165) is 57.8 Å². The maximum Gasteiger partial charge on any atom is 0.234 e. The van der Waals surface area contributed by atoms with Gasteiger partial charge >= 0.3 is 0 Å². The van der Waals surface area contributed by atoms with Crippen LogP contribution in [0.25, 0.3) is 0 Å². The van der Waals surface area contributed by atoms with Gasteiger partial charge in [-0.25, -0.2) is 4.39 Å². The van der Waals surface area contributed by atoms with Crippen LogP contribution in [0.1, 0.15) is 50.0 Å². The number of nitrogens with zero attached hydrogens (tertiary/aromatic N) is 1. The van der Waals surface area contributed by atoms with Gasteiger partial charge in [-0.05, 0) is 74.7 Å². The Hall–Kier alpha value is -1.99. The highest BCUT2D eigenvalue weighted by Gasteiger charge is 2.29. The zero-order chi connectivity index (χ0) is 20.4. The van der Waals surface area contributed by atoms with Gasteiger partial charge in [0.05, 0.1) is 11.6 Å². The highest BCUT2D eigenvalue weighted by Crippen LogP contribution is 2.31. The number of rotatable bonds is 6. The molecule has 0 bridgehead atoms. The normalized spacial score (nSPS) is 28.2. The Morgan fingerprint density at radius 1 is 1.10 bits per heavy atom. The van der Waals surface area contributed by atoms with E-state index in [0.29, 0.717) is 36.1 Å². The monoisotopic (exact) mass is 402 g/mol. The second kappa shape index (κ2) is 8.79. The molecule has 1 unspecified atom stereocenters. The van der Waals surface area contributed by atoms with Crippen LogP contribution >= 0.6 is 0 Å². The fourth-order valence-corrected chi connectivity index (χ4v) is 4.83. The highest BCUT2D eigenvalue weighted by molar-refractivity contribution is 6.00. The molecule has 0 spiro atoms. The molecule has 1 atom stereocenters. The number of carbonyl (C=O) groups is 2. The van der Waals surface area contributed by atoms with Crippen molar-refractivity contribution in [2.75, 3.05) is 31.1 Å². The number of carbonyl (C=O) groups excluding carboxylic acids is 2. The van der Waals surface area contributed by atoms with E-state index >= 15 is 0 Å². The Morgan fingerprint density at radius 2 is 1.83 bits per heavy atom. The maximum absolute atomic E-state index is 14.8. The summed E-state index contributed by atoms with van der Waals surface area (Å²) in [5, 5.41) is 5.93. The molecule has 0 aromatic heterocycles. The number of benzene rings is 1. The Labute approximate surface area is 171 Å². The number of imide groups is 1. The first kappa shape index (κ1) is 20.3. The minimum Gasteiger partial charge on any atom is -0.369 e. The maximum atomic E-state index is 14.8. The molecule has 1 aromatic rings. The lowest BCUT2D eigenvalue weighted by molar-refractivity contribution is -0.134. The van der Waals surface area contributed by atoms with Gasteiger partial charge in [0.1, 0.15) is 5.82 Å². The van der Waals surface area contributed by atoms with Gasteiger partial charge in [0.2, 0.25) is 11.8 Å². The Balaban J connectivity index is 1.27. The number of anilines is 1. The summed E-state index contributed by atoms with van der Waals surface area (Å²) in [7, 11) is 0. The molecule has 29 heavy (non-hydrogen) atoms. The molecular weight excluding hydrogens is 371 g/mol. The second-order valence-electron chi connectivity index (χ2n) is 8.90. The quantitative estimate of drug-likeness (QED) is 0.633. The Kier molecular flexibility index (Phi) is 6.15. The average Bonchev–Trinajstić information content (AvgIpc) is 2.67. The van der Waals surface area contributed by atoms with Crippen LogP contribution in [-0.2, 0) is 9.59 Å². The van der Waals surface area contributed by atoms with Crippen molar-refractivity contribution in [1.82, 2.24) is 10.6 Å². The first-order chi connectivity index (χ1) is 14.0. The van der Waals surface area contributed by atoms with E-state index in [1.54, 1.807) is 6.07 Å². The average molecular weight is 403 g/mol. The summed E-state index contributed by atoms with van der Waals surface area (Å²) in [6.45, 7) is 3.77. The third-order valence-electron chi connectivity index (χ3n) is 6.71. The predicted octanol–water partition coefficient (Wildman–Crippen LogP) is 1.89. The van der Waals surface area contributed by atoms with Crippen molar-refractivity contribution in [3.05, 3.63) is 29.6 Å². The Bertz CT molecular complexity index is 757. The molecule has 0 radical (unpaired) electrons. The van der Waals surface area contributed by atoms with Crippen molar-refractivity contribution < 1.29 is 14.0 Å². The standard InChI is InChI=1S/C22H31FN4O2/c23-19-11-16(18-2-4-21(28)26-22(18)29)1-3-20(19)27-7-5-14(6-8-27)12-25-13-15-9-17(24)10-15/h1,3,11,14-15,17-18,25H,2,4-10,12-13,24H2,(H,26,28,29). The van der Waals surface area contributed by atoms with E-state index < -0.39 is 5.92 Å². The van der Waals surface area contributed by atoms with E-state index in [-0.39, 0.29) is 17.6 Å². The fourth-order valence-electron chi connectivity index (χ4n) is 4.83. The minimum absolute atomic E-state index is 0.253. The summed E-state index contributed by atoms with van der Waals surface area (Å²) in [6, 6.07) is 5.48. The molecule has 2 heterocycles. The molecule has 1 aliphatic carbocycles. The van der Waals surface area contributed by atoms with Crippen LogP contribution in [0, 0.1) is 17.7 Å². The van der Waals surface area contributed by atoms with Crippen LogP contribution in [0.15, 0.2) is 18.2 Å². The summed E-state index contributed by atoms with van der Waals surface area (Å²) in [5.41, 5.74) is 7.08. The molecule has 7 heteroatoms. The molecule has 3 aliphatic rings. The van der Waals surface area contributed by atoms with Gasteiger partial charge in [-0.15, -0.1) is 0 Å². The molecule has 158 valence electrons. The lowest BCUT2D eigenvalue weighted by Crippen LogP contribution is -2.43. The summed E-state index contributed by atoms with van der Waals surface area (Å²) in [5.74, 6) is 0.0545. The minimum atomic E-state index is -0.446.